The van der Waals surface area contributed by atoms with E-state index in [-0.39, 0.29) is 11.8 Å². The molecule has 1 atom stereocenters. The van der Waals surface area contributed by atoms with Crippen LogP contribution in [0.3, 0.4) is 0 Å². The standard InChI is InChI=1S/C19H16N2O2S/c22-18(15-10-14-8-4-5-9-17(14)23-11-15)21-19-20-16(12-24-19)13-6-2-1-3-7-13/h1-9,12,15H,10-11H2,(H,20,21,22). The molecule has 0 radical (unpaired) electrons. The van der Waals surface area contributed by atoms with E-state index in [2.05, 4.69) is 10.3 Å². The summed E-state index contributed by atoms with van der Waals surface area (Å²) in [4.78, 5) is 17.0. The predicted octanol–water partition coefficient (Wildman–Crippen LogP) is 4.00. The van der Waals surface area contributed by atoms with Gasteiger partial charge in [0.2, 0.25) is 5.91 Å². The number of fused-ring (bicyclic) bond motifs is 1. The van der Waals surface area contributed by atoms with Crippen molar-refractivity contribution < 1.29 is 9.53 Å². The maximum absolute atomic E-state index is 12.5. The smallest absolute Gasteiger partial charge is 0.233 e. The van der Waals surface area contributed by atoms with E-state index in [0.717, 1.165) is 22.6 Å². The molecule has 1 N–H and O–H groups in total. The first-order valence-corrected chi connectivity index (χ1v) is 8.70. The van der Waals surface area contributed by atoms with Crippen molar-refractivity contribution in [2.45, 2.75) is 6.42 Å². The van der Waals surface area contributed by atoms with Crippen LogP contribution in [0.5, 0.6) is 5.75 Å². The Morgan fingerprint density at radius 3 is 2.79 bits per heavy atom. The number of carbonyl (C=O) groups is 1. The highest BCUT2D eigenvalue weighted by molar-refractivity contribution is 7.14. The average molecular weight is 336 g/mol. The molecule has 2 aromatic carbocycles. The van der Waals surface area contributed by atoms with Crippen LogP contribution in [0.25, 0.3) is 11.3 Å². The molecule has 1 aromatic heterocycles. The van der Waals surface area contributed by atoms with Crippen LogP contribution in [0.1, 0.15) is 5.56 Å². The molecule has 1 unspecified atom stereocenters. The fourth-order valence-electron chi connectivity index (χ4n) is 2.78. The van der Waals surface area contributed by atoms with E-state index in [1.807, 2.05) is 60.0 Å². The second-order valence-corrected chi connectivity index (χ2v) is 6.57. The Labute approximate surface area is 144 Å². The topological polar surface area (TPSA) is 51.2 Å². The summed E-state index contributed by atoms with van der Waals surface area (Å²) in [7, 11) is 0. The van der Waals surface area contributed by atoms with E-state index in [1.165, 1.54) is 11.3 Å². The van der Waals surface area contributed by atoms with Gasteiger partial charge in [0.1, 0.15) is 12.4 Å². The van der Waals surface area contributed by atoms with Gasteiger partial charge in [0.15, 0.2) is 5.13 Å². The summed E-state index contributed by atoms with van der Waals surface area (Å²) in [5.74, 6) is 0.643. The highest BCUT2D eigenvalue weighted by atomic mass is 32.1. The zero-order valence-corrected chi connectivity index (χ0v) is 13.8. The molecule has 1 amide bonds. The minimum absolute atomic E-state index is 0.0431. The number of hydrogen-bond donors (Lipinski definition) is 1. The largest absolute Gasteiger partial charge is 0.492 e. The Morgan fingerprint density at radius 2 is 1.92 bits per heavy atom. The van der Waals surface area contributed by atoms with Gasteiger partial charge in [0.25, 0.3) is 0 Å². The van der Waals surface area contributed by atoms with Crippen molar-refractivity contribution in [3.8, 4) is 17.0 Å². The van der Waals surface area contributed by atoms with Gasteiger partial charge in [-0.2, -0.15) is 0 Å². The van der Waals surface area contributed by atoms with Crippen molar-refractivity contribution in [1.29, 1.82) is 0 Å². The molecule has 1 aliphatic rings. The third-order valence-electron chi connectivity index (χ3n) is 4.05. The Bertz CT molecular complexity index is 861. The normalized spacial score (nSPS) is 16.1. The van der Waals surface area contributed by atoms with Crippen LogP contribution < -0.4 is 10.1 Å². The van der Waals surface area contributed by atoms with E-state index >= 15 is 0 Å². The molecule has 0 aliphatic carbocycles. The van der Waals surface area contributed by atoms with Crippen LogP contribution >= 0.6 is 11.3 Å². The van der Waals surface area contributed by atoms with Crippen LogP contribution in [-0.2, 0) is 11.2 Å². The van der Waals surface area contributed by atoms with Gasteiger partial charge in [0.05, 0.1) is 11.6 Å². The van der Waals surface area contributed by atoms with Crippen molar-refractivity contribution in [3.63, 3.8) is 0 Å². The van der Waals surface area contributed by atoms with Gasteiger partial charge in [-0.15, -0.1) is 11.3 Å². The van der Waals surface area contributed by atoms with Crippen LogP contribution in [-0.4, -0.2) is 17.5 Å². The predicted molar refractivity (Wildman–Crippen MR) is 95.3 cm³/mol. The molecule has 24 heavy (non-hydrogen) atoms. The lowest BCUT2D eigenvalue weighted by molar-refractivity contribution is -0.121. The van der Waals surface area contributed by atoms with E-state index in [9.17, 15) is 4.79 Å². The number of amides is 1. The van der Waals surface area contributed by atoms with Crippen molar-refractivity contribution in [2.75, 3.05) is 11.9 Å². The third-order valence-corrected chi connectivity index (χ3v) is 4.81. The first-order valence-electron chi connectivity index (χ1n) is 7.82. The Hall–Kier alpha value is -2.66. The summed E-state index contributed by atoms with van der Waals surface area (Å²) in [5, 5.41) is 5.50. The molecule has 3 aromatic rings. The number of hydrogen-bond acceptors (Lipinski definition) is 4. The summed E-state index contributed by atoms with van der Waals surface area (Å²) >= 11 is 1.44. The van der Waals surface area contributed by atoms with Crippen LogP contribution in [0.15, 0.2) is 60.0 Å². The molecule has 4 nitrogen and oxygen atoms in total. The minimum Gasteiger partial charge on any atom is -0.492 e. The molecule has 4 rings (SSSR count). The fourth-order valence-corrected chi connectivity index (χ4v) is 3.50. The van der Waals surface area contributed by atoms with E-state index in [1.54, 1.807) is 0 Å². The van der Waals surface area contributed by atoms with Gasteiger partial charge >= 0.3 is 0 Å². The SMILES string of the molecule is O=C(Nc1nc(-c2ccccc2)cs1)C1COc2ccccc2C1. The maximum atomic E-state index is 12.5. The zero-order valence-electron chi connectivity index (χ0n) is 12.9. The molecule has 0 bridgehead atoms. The number of aromatic nitrogens is 1. The van der Waals surface area contributed by atoms with Crippen molar-refractivity contribution in [1.82, 2.24) is 4.98 Å². The number of nitrogens with one attached hydrogen (secondary N) is 1. The molecule has 0 saturated carbocycles. The lowest BCUT2D eigenvalue weighted by Crippen LogP contribution is -2.32. The average Bonchev–Trinajstić information content (AvgIpc) is 3.10. The summed E-state index contributed by atoms with van der Waals surface area (Å²) in [6, 6.07) is 17.8. The van der Waals surface area contributed by atoms with Gasteiger partial charge in [0, 0.05) is 10.9 Å². The van der Waals surface area contributed by atoms with E-state index in [0.29, 0.717) is 18.2 Å². The summed E-state index contributed by atoms with van der Waals surface area (Å²) in [6.07, 6.45) is 0.693. The number of rotatable bonds is 3. The van der Waals surface area contributed by atoms with E-state index < -0.39 is 0 Å². The maximum Gasteiger partial charge on any atom is 0.233 e. The second kappa shape index (κ2) is 6.45. The highest BCUT2D eigenvalue weighted by Crippen LogP contribution is 2.29. The number of thiazole rings is 1. The Kier molecular flexibility index (Phi) is 4.01. The van der Waals surface area contributed by atoms with Gasteiger partial charge < -0.3 is 10.1 Å². The van der Waals surface area contributed by atoms with Gasteiger partial charge in [-0.25, -0.2) is 4.98 Å². The summed E-state index contributed by atoms with van der Waals surface area (Å²) < 4.78 is 5.69. The van der Waals surface area contributed by atoms with Crippen LogP contribution in [0.2, 0.25) is 0 Å². The number of nitrogens with zero attached hydrogens (tertiary/aromatic N) is 1. The third kappa shape index (κ3) is 3.03. The Morgan fingerprint density at radius 1 is 1.12 bits per heavy atom. The van der Waals surface area contributed by atoms with Gasteiger partial charge in [-0.3, -0.25) is 4.79 Å². The molecule has 2 heterocycles. The van der Waals surface area contributed by atoms with Crippen LogP contribution in [0, 0.1) is 5.92 Å². The van der Waals surface area contributed by atoms with Crippen molar-refractivity contribution in [3.05, 3.63) is 65.5 Å². The Balaban J connectivity index is 1.45. The monoisotopic (exact) mass is 336 g/mol. The number of benzene rings is 2. The summed E-state index contributed by atoms with van der Waals surface area (Å²) in [6.45, 7) is 0.403. The first kappa shape index (κ1) is 14.9. The molecule has 5 heteroatoms. The summed E-state index contributed by atoms with van der Waals surface area (Å²) in [5.41, 5.74) is 3.00. The number of carbonyl (C=O) groups excluding carboxylic acids is 1. The quantitative estimate of drug-likeness (QED) is 0.786. The molecular weight excluding hydrogens is 320 g/mol. The van der Waals surface area contributed by atoms with Gasteiger partial charge in [-0.05, 0) is 18.1 Å². The first-order chi connectivity index (χ1) is 11.8. The second-order valence-electron chi connectivity index (χ2n) is 5.71. The highest BCUT2D eigenvalue weighted by Gasteiger charge is 2.26. The lowest BCUT2D eigenvalue weighted by atomic mass is 9.96. The molecule has 0 saturated heterocycles. The number of anilines is 1. The minimum atomic E-state index is -0.191. The molecule has 0 spiro atoms. The number of para-hydroxylation sites is 1. The number of ether oxygens (including phenoxy) is 1. The zero-order chi connectivity index (χ0) is 16.4. The van der Waals surface area contributed by atoms with Crippen molar-refractivity contribution >= 4 is 22.4 Å². The fraction of sp³-hybridized carbons (Fsp3) is 0.158. The lowest BCUT2D eigenvalue weighted by Gasteiger charge is -2.24. The van der Waals surface area contributed by atoms with Crippen molar-refractivity contribution in [2.24, 2.45) is 5.92 Å². The van der Waals surface area contributed by atoms with Gasteiger partial charge in [-0.1, -0.05) is 48.5 Å². The molecular formula is C19H16N2O2S. The van der Waals surface area contributed by atoms with E-state index in [4.69, 9.17) is 4.74 Å². The molecule has 0 fully saturated rings. The van der Waals surface area contributed by atoms with Crippen LogP contribution in [0.4, 0.5) is 5.13 Å². The molecule has 120 valence electrons. The molecule has 1 aliphatic heterocycles.